The Balaban J connectivity index is 1.64. The maximum atomic E-state index is 11.8. The minimum atomic E-state index is -0.136. The van der Waals surface area contributed by atoms with E-state index in [4.69, 9.17) is 12.2 Å². The van der Waals surface area contributed by atoms with E-state index in [2.05, 4.69) is 21.5 Å². The van der Waals surface area contributed by atoms with E-state index in [1.807, 2.05) is 62.4 Å². The van der Waals surface area contributed by atoms with Crippen LogP contribution in [0, 0.1) is 13.8 Å². The van der Waals surface area contributed by atoms with Gasteiger partial charge in [0.25, 0.3) is 0 Å². The van der Waals surface area contributed by atoms with Gasteiger partial charge in [0.2, 0.25) is 5.91 Å². The molecule has 0 bridgehead atoms. The maximum Gasteiger partial charge on any atom is 0.240 e. The van der Waals surface area contributed by atoms with Crippen molar-refractivity contribution in [3.8, 4) is 0 Å². The van der Waals surface area contributed by atoms with Crippen LogP contribution >= 0.6 is 12.2 Å². The van der Waals surface area contributed by atoms with Crippen LogP contribution in [0.15, 0.2) is 48.5 Å². The highest BCUT2D eigenvalue weighted by Crippen LogP contribution is 2.09. The van der Waals surface area contributed by atoms with Crippen molar-refractivity contribution < 1.29 is 4.79 Å². The van der Waals surface area contributed by atoms with E-state index in [0.29, 0.717) is 18.1 Å². The first-order chi connectivity index (χ1) is 11.5. The number of rotatable bonds is 5. The smallest absolute Gasteiger partial charge is 0.240 e. The van der Waals surface area contributed by atoms with Crippen molar-refractivity contribution >= 4 is 34.6 Å². The number of thiocarbonyl (C=S) groups is 1. The minimum Gasteiger partial charge on any atom is -0.385 e. The molecule has 0 fully saturated rings. The van der Waals surface area contributed by atoms with Gasteiger partial charge in [-0.15, -0.1) is 0 Å². The maximum absolute atomic E-state index is 11.8. The third kappa shape index (κ3) is 6.26. The fourth-order valence-electron chi connectivity index (χ4n) is 1.98. The largest absolute Gasteiger partial charge is 0.385 e. The lowest BCUT2D eigenvalue weighted by molar-refractivity contribution is -0.121. The molecule has 2 aromatic rings. The fourth-order valence-corrected chi connectivity index (χ4v) is 2.15. The SMILES string of the molecule is Cc1ccc(NCCC(=O)NNC(=S)Nc2ccc(C)cc2)cc1. The topological polar surface area (TPSA) is 65.2 Å². The predicted octanol–water partition coefficient (Wildman–Crippen LogP) is 3.12. The lowest BCUT2D eigenvalue weighted by atomic mass is 10.2. The van der Waals surface area contributed by atoms with Crippen LogP contribution < -0.4 is 21.5 Å². The number of nitrogens with one attached hydrogen (secondary N) is 4. The van der Waals surface area contributed by atoms with Crippen LogP contribution in [0.3, 0.4) is 0 Å². The summed E-state index contributed by atoms with van der Waals surface area (Å²) >= 11 is 5.14. The van der Waals surface area contributed by atoms with Crippen molar-refractivity contribution in [1.82, 2.24) is 10.9 Å². The summed E-state index contributed by atoms with van der Waals surface area (Å²) in [6.07, 6.45) is 0.341. The van der Waals surface area contributed by atoms with Gasteiger partial charge in [-0.3, -0.25) is 15.6 Å². The minimum absolute atomic E-state index is 0.136. The molecule has 0 atom stereocenters. The Kier molecular flexibility index (Phi) is 6.57. The summed E-state index contributed by atoms with van der Waals surface area (Å²) in [5, 5.41) is 6.55. The zero-order valence-corrected chi connectivity index (χ0v) is 14.7. The number of anilines is 2. The first-order valence-corrected chi connectivity index (χ1v) is 8.17. The fraction of sp³-hybridized carbons (Fsp3) is 0.222. The van der Waals surface area contributed by atoms with Gasteiger partial charge in [0, 0.05) is 24.3 Å². The van der Waals surface area contributed by atoms with Gasteiger partial charge in [-0.2, -0.15) is 0 Å². The average Bonchev–Trinajstić information content (AvgIpc) is 2.57. The number of aryl methyl sites for hydroxylation is 2. The quantitative estimate of drug-likeness (QED) is 0.497. The molecule has 126 valence electrons. The van der Waals surface area contributed by atoms with E-state index in [0.717, 1.165) is 11.4 Å². The Morgan fingerprint density at radius 1 is 0.875 bits per heavy atom. The average molecular weight is 342 g/mol. The molecule has 0 aliphatic carbocycles. The van der Waals surface area contributed by atoms with Gasteiger partial charge in [0.05, 0.1) is 0 Å². The van der Waals surface area contributed by atoms with Crippen molar-refractivity contribution in [2.24, 2.45) is 0 Å². The summed E-state index contributed by atoms with van der Waals surface area (Å²) in [6, 6.07) is 15.9. The summed E-state index contributed by atoms with van der Waals surface area (Å²) in [5.74, 6) is -0.136. The Labute approximate surface area is 147 Å². The van der Waals surface area contributed by atoms with Crippen LogP contribution in [0.25, 0.3) is 0 Å². The molecule has 1 amide bonds. The Morgan fingerprint density at radius 2 is 1.42 bits per heavy atom. The third-order valence-electron chi connectivity index (χ3n) is 3.36. The molecule has 0 radical (unpaired) electrons. The van der Waals surface area contributed by atoms with Crippen LogP contribution in [0.5, 0.6) is 0 Å². The van der Waals surface area contributed by atoms with E-state index in [9.17, 15) is 4.79 Å². The van der Waals surface area contributed by atoms with E-state index in [-0.39, 0.29) is 5.91 Å². The van der Waals surface area contributed by atoms with Gasteiger partial charge in [-0.25, -0.2) is 0 Å². The van der Waals surface area contributed by atoms with Gasteiger partial charge in [0.1, 0.15) is 0 Å². The second kappa shape index (κ2) is 8.88. The molecule has 0 aliphatic rings. The first kappa shape index (κ1) is 17.7. The van der Waals surface area contributed by atoms with E-state index in [1.165, 1.54) is 11.1 Å². The van der Waals surface area contributed by atoms with Crippen LogP contribution in [0.4, 0.5) is 11.4 Å². The predicted molar refractivity (Wildman–Crippen MR) is 103 cm³/mol. The van der Waals surface area contributed by atoms with Crippen LogP contribution in [-0.4, -0.2) is 17.6 Å². The number of benzene rings is 2. The van der Waals surface area contributed by atoms with Crippen LogP contribution in [0.1, 0.15) is 17.5 Å². The molecule has 6 heteroatoms. The molecule has 0 unspecified atom stereocenters. The standard InChI is InChI=1S/C18H22N4OS/c1-13-3-7-15(8-4-13)19-12-11-17(23)21-22-18(24)20-16-9-5-14(2)6-10-16/h3-10,19H,11-12H2,1-2H3,(H,21,23)(H2,20,22,24). The summed E-state index contributed by atoms with van der Waals surface area (Å²) < 4.78 is 0. The van der Waals surface area contributed by atoms with E-state index < -0.39 is 0 Å². The first-order valence-electron chi connectivity index (χ1n) is 7.76. The Morgan fingerprint density at radius 3 is 2.00 bits per heavy atom. The monoisotopic (exact) mass is 342 g/mol. The van der Waals surface area contributed by atoms with Gasteiger partial charge >= 0.3 is 0 Å². The summed E-state index contributed by atoms with van der Waals surface area (Å²) in [7, 11) is 0. The number of carbonyl (C=O) groups excluding carboxylic acids is 1. The van der Waals surface area contributed by atoms with Gasteiger partial charge in [0.15, 0.2) is 5.11 Å². The molecule has 0 aliphatic heterocycles. The van der Waals surface area contributed by atoms with Crippen LogP contribution in [-0.2, 0) is 4.79 Å². The third-order valence-corrected chi connectivity index (χ3v) is 3.56. The number of carbonyl (C=O) groups is 1. The Hall–Kier alpha value is -2.60. The molecular weight excluding hydrogens is 320 g/mol. The zero-order valence-electron chi connectivity index (χ0n) is 13.8. The Bertz CT molecular complexity index is 683. The van der Waals surface area contributed by atoms with E-state index in [1.54, 1.807) is 0 Å². The van der Waals surface area contributed by atoms with E-state index >= 15 is 0 Å². The van der Waals surface area contributed by atoms with Crippen molar-refractivity contribution in [3.63, 3.8) is 0 Å². The van der Waals surface area contributed by atoms with Crippen LogP contribution in [0.2, 0.25) is 0 Å². The number of hydrogen-bond acceptors (Lipinski definition) is 3. The highest BCUT2D eigenvalue weighted by atomic mass is 32.1. The molecular formula is C18H22N4OS. The molecule has 0 saturated heterocycles. The molecule has 0 spiro atoms. The highest BCUT2D eigenvalue weighted by molar-refractivity contribution is 7.80. The van der Waals surface area contributed by atoms with Gasteiger partial charge in [-0.05, 0) is 50.3 Å². The molecule has 0 aromatic heterocycles. The van der Waals surface area contributed by atoms with Crippen molar-refractivity contribution in [2.45, 2.75) is 20.3 Å². The summed E-state index contributed by atoms with van der Waals surface area (Å²) in [6.45, 7) is 4.61. The van der Waals surface area contributed by atoms with Gasteiger partial charge in [-0.1, -0.05) is 35.4 Å². The van der Waals surface area contributed by atoms with Crippen molar-refractivity contribution in [3.05, 3.63) is 59.7 Å². The second-order valence-corrected chi connectivity index (χ2v) is 5.94. The molecule has 5 nitrogen and oxygen atoms in total. The number of amides is 1. The normalized spacial score (nSPS) is 9.92. The molecule has 2 aromatic carbocycles. The summed E-state index contributed by atoms with van der Waals surface area (Å²) in [4.78, 5) is 11.8. The molecule has 4 N–H and O–H groups in total. The summed E-state index contributed by atoms with van der Waals surface area (Å²) in [5.41, 5.74) is 9.52. The zero-order chi connectivity index (χ0) is 17.4. The second-order valence-electron chi connectivity index (χ2n) is 5.54. The van der Waals surface area contributed by atoms with Crippen molar-refractivity contribution in [2.75, 3.05) is 17.2 Å². The lowest BCUT2D eigenvalue weighted by Crippen LogP contribution is -2.44. The number of hydrazine groups is 1. The van der Waals surface area contributed by atoms with Crippen molar-refractivity contribution in [1.29, 1.82) is 0 Å². The van der Waals surface area contributed by atoms with Gasteiger partial charge < -0.3 is 10.6 Å². The molecule has 24 heavy (non-hydrogen) atoms. The molecule has 0 heterocycles. The highest BCUT2D eigenvalue weighted by Gasteiger charge is 2.02. The number of hydrogen-bond donors (Lipinski definition) is 4. The molecule has 2 rings (SSSR count). The lowest BCUT2D eigenvalue weighted by Gasteiger charge is -2.12. The molecule has 0 saturated carbocycles.